The zero-order valence-electron chi connectivity index (χ0n) is 15.9. The predicted molar refractivity (Wildman–Crippen MR) is 116 cm³/mol. The molecule has 1 amide bonds. The van der Waals surface area contributed by atoms with Crippen molar-refractivity contribution < 1.29 is 13.2 Å². The first-order valence-electron chi connectivity index (χ1n) is 9.71. The van der Waals surface area contributed by atoms with E-state index in [4.69, 9.17) is 11.6 Å². The van der Waals surface area contributed by atoms with Crippen LogP contribution < -0.4 is 0 Å². The van der Waals surface area contributed by atoms with Crippen molar-refractivity contribution >= 4 is 43.5 Å². The molecule has 29 heavy (non-hydrogen) atoms. The molecular formula is C21H22BrClN2O3S. The Labute approximate surface area is 184 Å². The van der Waals surface area contributed by atoms with Crippen molar-refractivity contribution in [3.05, 3.63) is 63.1 Å². The molecule has 2 aromatic rings. The van der Waals surface area contributed by atoms with Crippen molar-refractivity contribution in [2.75, 3.05) is 13.1 Å². The third-order valence-electron chi connectivity index (χ3n) is 5.36. The fourth-order valence-corrected chi connectivity index (χ4v) is 5.83. The summed E-state index contributed by atoms with van der Waals surface area (Å²) < 4.78 is 28.3. The van der Waals surface area contributed by atoms with E-state index in [1.807, 2.05) is 24.3 Å². The second-order valence-electron chi connectivity index (χ2n) is 7.55. The van der Waals surface area contributed by atoms with Crippen LogP contribution in [-0.4, -0.2) is 42.7 Å². The molecule has 2 aromatic carbocycles. The smallest absolute Gasteiger partial charge is 0.255 e. The maximum Gasteiger partial charge on any atom is 0.255 e. The minimum Gasteiger partial charge on any atom is -0.331 e. The van der Waals surface area contributed by atoms with E-state index in [9.17, 15) is 13.2 Å². The lowest BCUT2D eigenvalue weighted by molar-refractivity contribution is 0.0730. The summed E-state index contributed by atoms with van der Waals surface area (Å²) in [6.45, 7) is 1.50. The molecular weight excluding hydrogens is 476 g/mol. The van der Waals surface area contributed by atoms with Gasteiger partial charge in [-0.2, -0.15) is 4.31 Å². The second-order valence-corrected chi connectivity index (χ2v) is 10.8. The van der Waals surface area contributed by atoms with E-state index in [1.54, 1.807) is 4.90 Å². The number of halogens is 2. The summed E-state index contributed by atoms with van der Waals surface area (Å²) in [6, 6.07) is 12.4. The molecule has 1 aliphatic carbocycles. The monoisotopic (exact) mass is 496 g/mol. The quantitative estimate of drug-likeness (QED) is 0.582. The van der Waals surface area contributed by atoms with Gasteiger partial charge in [0.15, 0.2) is 0 Å². The molecule has 1 aliphatic heterocycles. The lowest BCUT2D eigenvalue weighted by atomic mass is 10.1. The number of carbonyl (C=O) groups excluding carboxylic acids is 1. The minimum atomic E-state index is -3.61. The number of nitrogens with zero attached hydrogens (tertiary/aromatic N) is 2. The summed E-state index contributed by atoms with van der Waals surface area (Å²) in [5.41, 5.74) is 1.26. The molecule has 0 spiro atoms. The molecule has 8 heteroatoms. The highest BCUT2D eigenvalue weighted by molar-refractivity contribution is 9.10. The highest BCUT2D eigenvalue weighted by Crippen LogP contribution is 2.33. The number of hydrogen-bond donors (Lipinski definition) is 0. The first-order valence-corrected chi connectivity index (χ1v) is 12.3. The van der Waals surface area contributed by atoms with E-state index in [0.717, 1.165) is 35.7 Å². The van der Waals surface area contributed by atoms with E-state index in [-0.39, 0.29) is 27.4 Å². The Bertz CT molecular complexity index is 1030. The minimum absolute atomic E-state index is 0.130. The van der Waals surface area contributed by atoms with Crippen molar-refractivity contribution in [2.24, 2.45) is 0 Å². The fourth-order valence-electron chi connectivity index (χ4n) is 3.65. The van der Waals surface area contributed by atoms with Crippen molar-refractivity contribution in [1.82, 2.24) is 9.21 Å². The standard InChI is InChI=1S/C21H22BrClN2O3S/c22-16-5-3-4-15(12-16)14-25(17-6-7-17)21(26)19-13-18(8-9-20(19)23)29(27,28)24-10-1-2-11-24/h3-5,8-9,12-13,17H,1-2,6-7,10-11,14H2. The molecule has 0 unspecified atom stereocenters. The molecule has 0 bridgehead atoms. The van der Waals surface area contributed by atoms with Gasteiger partial charge in [-0.05, 0) is 61.6 Å². The average Bonchev–Trinajstić information content (AvgIpc) is 3.37. The molecule has 0 atom stereocenters. The third kappa shape index (κ3) is 4.53. The largest absolute Gasteiger partial charge is 0.331 e. The predicted octanol–water partition coefficient (Wildman–Crippen LogP) is 4.69. The van der Waals surface area contributed by atoms with Crippen LogP contribution in [0.5, 0.6) is 0 Å². The molecule has 5 nitrogen and oxygen atoms in total. The van der Waals surface area contributed by atoms with Gasteiger partial charge in [-0.3, -0.25) is 4.79 Å². The fraction of sp³-hybridized carbons (Fsp3) is 0.381. The van der Waals surface area contributed by atoms with Gasteiger partial charge in [0.2, 0.25) is 10.0 Å². The second kappa shape index (κ2) is 8.38. The van der Waals surface area contributed by atoms with Crippen LogP contribution >= 0.6 is 27.5 Å². The Kier molecular flexibility index (Phi) is 6.02. The summed E-state index contributed by atoms with van der Waals surface area (Å²) in [6.07, 6.45) is 3.62. The van der Waals surface area contributed by atoms with E-state index >= 15 is 0 Å². The normalized spacial score (nSPS) is 17.4. The van der Waals surface area contributed by atoms with Gasteiger partial charge in [-0.1, -0.05) is 39.7 Å². The third-order valence-corrected chi connectivity index (χ3v) is 8.08. The lowest BCUT2D eigenvalue weighted by Gasteiger charge is -2.24. The first kappa shape index (κ1) is 20.8. The highest BCUT2D eigenvalue weighted by Gasteiger charge is 2.35. The Morgan fingerprint density at radius 1 is 1.14 bits per heavy atom. The number of hydrogen-bond acceptors (Lipinski definition) is 3. The Balaban J connectivity index is 1.64. The van der Waals surface area contributed by atoms with Crippen molar-refractivity contribution in [2.45, 2.75) is 43.2 Å². The van der Waals surface area contributed by atoms with E-state index in [1.165, 1.54) is 22.5 Å². The molecule has 1 saturated carbocycles. The zero-order valence-corrected chi connectivity index (χ0v) is 19.0. The van der Waals surface area contributed by atoms with Crippen LogP contribution in [0.2, 0.25) is 5.02 Å². The number of sulfonamides is 1. The summed E-state index contributed by atoms with van der Waals surface area (Å²) in [5, 5.41) is 0.273. The van der Waals surface area contributed by atoms with E-state index < -0.39 is 10.0 Å². The first-order chi connectivity index (χ1) is 13.9. The highest BCUT2D eigenvalue weighted by atomic mass is 79.9. The molecule has 0 radical (unpaired) electrons. The maximum absolute atomic E-state index is 13.4. The van der Waals surface area contributed by atoms with Gasteiger partial charge in [0, 0.05) is 30.1 Å². The van der Waals surface area contributed by atoms with Crippen molar-refractivity contribution in [1.29, 1.82) is 0 Å². The van der Waals surface area contributed by atoms with E-state index in [2.05, 4.69) is 15.9 Å². The zero-order chi connectivity index (χ0) is 20.6. The topological polar surface area (TPSA) is 57.7 Å². The molecule has 0 aromatic heterocycles. The Morgan fingerprint density at radius 3 is 2.52 bits per heavy atom. The summed E-state index contributed by atoms with van der Waals surface area (Å²) in [4.78, 5) is 15.3. The number of carbonyl (C=O) groups is 1. The van der Waals surface area contributed by atoms with Crippen molar-refractivity contribution in [3.8, 4) is 0 Å². The molecule has 2 aliphatic rings. The molecule has 1 heterocycles. The van der Waals surface area contributed by atoms with Crippen LogP contribution in [-0.2, 0) is 16.6 Å². The lowest BCUT2D eigenvalue weighted by Crippen LogP contribution is -2.33. The van der Waals surface area contributed by atoms with Gasteiger partial charge in [0.05, 0.1) is 15.5 Å². The maximum atomic E-state index is 13.4. The van der Waals surface area contributed by atoms with Crippen molar-refractivity contribution in [3.63, 3.8) is 0 Å². The number of rotatable bonds is 6. The molecule has 1 saturated heterocycles. The molecule has 4 rings (SSSR count). The van der Waals surface area contributed by atoms with Gasteiger partial charge in [0.1, 0.15) is 0 Å². The average molecular weight is 498 g/mol. The molecule has 154 valence electrons. The number of benzene rings is 2. The van der Waals surface area contributed by atoms with Crippen LogP contribution in [0, 0.1) is 0 Å². The Hall–Kier alpha value is -1.41. The van der Waals surface area contributed by atoms with Crippen LogP contribution in [0.4, 0.5) is 0 Å². The molecule has 2 fully saturated rings. The van der Waals surface area contributed by atoms with Gasteiger partial charge in [-0.15, -0.1) is 0 Å². The van der Waals surface area contributed by atoms with E-state index in [0.29, 0.717) is 19.6 Å². The summed E-state index contributed by atoms with van der Waals surface area (Å²) in [7, 11) is -3.61. The Morgan fingerprint density at radius 2 is 1.86 bits per heavy atom. The SMILES string of the molecule is O=C(c1cc(S(=O)(=O)N2CCCC2)ccc1Cl)N(Cc1cccc(Br)c1)C1CC1. The van der Waals surface area contributed by atoms with Gasteiger partial charge >= 0.3 is 0 Å². The van der Waals surface area contributed by atoms with Crippen LogP contribution in [0.3, 0.4) is 0 Å². The van der Waals surface area contributed by atoms with Gasteiger partial charge in [0.25, 0.3) is 5.91 Å². The summed E-state index contributed by atoms with van der Waals surface area (Å²) in [5.74, 6) is -0.226. The summed E-state index contributed by atoms with van der Waals surface area (Å²) >= 11 is 9.80. The van der Waals surface area contributed by atoms with Gasteiger partial charge in [-0.25, -0.2) is 8.42 Å². The van der Waals surface area contributed by atoms with Crippen LogP contribution in [0.1, 0.15) is 41.6 Å². The molecule has 0 N–H and O–H groups in total. The van der Waals surface area contributed by atoms with Crippen LogP contribution in [0.15, 0.2) is 51.8 Å². The number of amides is 1. The van der Waals surface area contributed by atoms with Crippen LogP contribution in [0.25, 0.3) is 0 Å². The van der Waals surface area contributed by atoms with Gasteiger partial charge < -0.3 is 4.90 Å².